The topological polar surface area (TPSA) is 58.9 Å². The molecule has 146 valence electrons. The molecule has 0 amide bonds. The summed E-state index contributed by atoms with van der Waals surface area (Å²) >= 11 is 0. The molecule has 0 aromatic rings. The third kappa shape index (κ3) is 2.57. The third-order valence-corrected chi connectivity index (χ3v) is 8.45. The van der Waals surface area contributed by atoms with E-state index in [1.807, 2.05) is 0 Å². The Morgan fingerprint density at radius 1 is 1.30 bits per heavy atom. The molecule has 0 aliphatic heterocycles. The SMILES string of the molecule is C#C[C@@]1(OC(C)=O)CC[C@H]2[C@@H]3CCC4=C/C(=N\O)CC[C@@H]4[C@H]3CC[C@@]21CC. The lowest BCUT2D eigenvalue weighted by atomic mass is 9.49. The normalized spacial score (nSPS) is 44.5. The summed E-state index contributed by atoms with van der Waals surface area (Å²) in [5, 5.41) is 12.6. The van der Waals surface area contributed by atoms with Gasteiger partial charge in [-0.1, -0.05) is 23.6 Å². The summed E-state index contributed by atoms with van der Waals surface area (Å²) in [5.74, 6) is 5.25. The molecule has 0 aromatic carbocycles. The largest absolute Gasteiger partial charge is 0.445 e. The van der Waals surface area contributed by atoms with Gasteiger partial charge in [0, 0.05) is 12.3 Å². The lowest BCUT2D eigenvalue weighted by Crippen LogP contribution is -2.55. The zero-order valence-electron chi connectivity index (χ0n) is 16.5. The van der Waals surface area contributed by atoms with Crippen molar-refractivity contribution in [2.24, 2.45) is 34.2 Å². The standard InChI is InChI=1S/C23H31NO3/c1-4-22-12-10-19-18-9-7-17(24-26)14-16(18)6-8-20(19)21(22)11-13-23(22,5-2)27-15(3)25/h2,14,18-21,26H,4,6-13H2,1,3H3/b24-17-/t18-,19+,20+,21-,22-,23+/m0/s1. The summed E-state index contributed by atoms with van der Waals surface area (Å²) < 4.78 is 5.90. The van der Waals surface area contributed by atoms with Crippen LogP contribution in [0.2, 0.25) is 0 Å². The molecule has 0 radical (unpaired) electrons. The van der Waals surface area contributed by atoms with E-state index < -0.39 is 5.60 Å². The van der Waals surface area contributed by atoms with Crippen LogP contribution in [-0.4, -0.2) is 22.5 Å². The maximum Gasteiger partial charge on any atom is 0.304 e. The Morgan fingerprint density at radius 3 is 2.78 bits per heavy atom. The molecule has 27 heavy (non-hydrogen) atoms. The molecule has 3 saturated carbocycles. The Morgan fingerprint density at radius 2 is 2.11 bits per heavy atom. The number of rotatable bonds is 2. The fourth-order valence-corrected chi connectivity index (χ4v) is 7.45. The number of nitrogens with zero attached hydrogens (tertiary/aromatic N) is 1. The molecule has 4 aliphatic rings. The van der Waals surface area contributed by atoms with Gasteiger partial charge in [-0.05, 0) is 87.5 Å². The van der Waals surface area contributed by atoms with Gasteiger partial charge >= 0.3 is 5.97 Å². The van der Waals surface area contributed by atoms with Crippen molar-refractivity contribution in [3.8, 4) is 12.3 Å². The molecule has 0 spiro atoms. The number of ether oxygens (including phenoxy) is 1. The molecule has 4 heteroatoms. The van der Waals surface area contributed by atoms with E-state index in [9.17, 15) is 4.79 Å². The van der Waals surface area contributed by atoms with E-state index in [2.05, 4.69) is 24.1 Å². The van der Waals surface area contributed by atoms with Crippen LogP contribution in [0.15, 0.2) is 16.8 Å². The molecule has 0 aromatic heterocycles. The second kappa shape index (κ2) is 6.69. The van der Waals surface area contributed by atoms with Crippen LogP contribution in [0.5, 0.6) is 0 Å². The van der Waals surface area contributed by atoms with Crippen LogP contribution in [0.3, 0.4) is 0 Å². The molecular formula is C23H31NO3. The monoisotopic (exact) mass is 369 g/mol. The molecule has 0 bridgehead atoms. The number of terminal acetylenes is 1. The van der Waals surface area contributed by atoms with Crippen molar-refractivity contribution < 1.29 is 14.7 Å². The van der Waals surface area contributed by atoms with Crippen LogP contribution in [0.1, 0.15) is 71.6 Å². The van der Waals surface area contributed by atoms with Gasteiger partial charge in [-0.2, -0.15) is 0 Å². The second-order valence-electron chi connectivity index (χ2n) is 9.08. The van der Waals surface area contributed by atoms with Gasteiger partial charge < -0.3 is 9.94 Å². The maximum absolute atomic E-state index is 11.9. The first-order chi connectivity index (χ1) is 13.0. The Labute approximate surface area is 162 Å². The highest BCUT2D eigenvalue weighted by Crippen LogP contribution is 2.67. The van der Waals surface area contributed by atoms with E-state index in [4.69, 9.17) is 16.4 Å². The summed E-state index contributed by atoms with van der Waals surface area (Å²) in [7, 11) is 0. The zero-order chi connectivity index (χ0) is 19.2. The minimum atomic E-state index is -0.720. The number of carbonyl (C=O) groups is 1. The lowest BCUT2D eigenvalue weighted by Gasteiger charge is -2.56. The van der Waals surface area contributed by atoms with Gasteiger partial charge in [0.2, 0.25) is 0 Å². The zero-order valence-corrected chi connectivity index (χ0v) is 16.5. The number of carbonyl (C=O) groups excluding carboxylic acids is 1. The molecular weight excluding hydrogens is 338 g/mol. The quantitative estimate of drug-likeness (QED) is 0.332. The Hall–Kier alpha value is -1.76. The molecule has 0 heterocycles. The minimum absolute atomic E-state index is 0.0673. The van der Waals surface area contributed by atoms with Crippen LogP contribution in [-0.2, 0) is 9.53 Å². The van der Waals surface area contributed by atoms with Crippen LogP contribution >= 0.6 is 0 Å². The highest BCUT2D eigenvalue weighted by atomic mass is 16.6. The minimum Gasteiger partial charge on any atom is -0.445 e. The number of allylic oxidation sites excluding steroid dienone is 2. The molecule has 4 aliphatic carbocycles. The number of esters is 1. The summed E-state index contributed by atoms with van der Waals surface area (Å²) in [6, 6.07) is 0. The van der Waals surface area contributed by atoms with Crippen molar-refractivity contribution in [2.45, 2.75) is 77.2 Å². The number of fused-ring (bicyclic) bond motifs is 5. The van der Waals surface area contributed by atoms with Crippen LogP contribution in [0, 0.1) is 41.4 Å². The van der Waals surface area contributed by atoms with Crippen molar-refractivity contribution in [3.63, 3.8) is 0 Å². The van der Waals surface area contributed by atoms with Gasteiger partial charge in [0.25, 0.3) is 0 Å². The molecule has 3 fully saturated rings. The fourth-order valence-electron chi connectivity index (χ4n) is 7.45. The third-order valence-electron chi connectivity index (χ3n) is 8.45. The first-order valence-electron chi connectivity index (χ1n) is 10.6. The summed E-state index contributed by atoms with van der Waals surface area (Å²) in [4.78, 5) is 11.9. The fraction of sp³-hybridized carbons (Fsp3) is 0.739. The number of oxime groups is 1. The van der Waals surface area contributed by atoms with Gasteiger partial charge in [0.15, 0.2) is 5.60 Å². The average Bonchev–Trinajstić information content (AvgIpc) is 3.01. The Balaban J connectivity index is 1.66. The molecule has 0 unspecified atom stereocenters. The van der Waals surface area contributed by atoms with E-state index in [0.717, 1.165) is 57.1 Å². The lowest BCUT2D eigenvalue weighted by molar-refractivity contribution is -0.170. The Bertz CT molecular complexity index is 732. The predicted molar refractivity (Wildman–Crippen MR) is 104 cm³/mol. The van der Waals surface area contributed by atoms with Gasteiger partial charge in [-0.15, -0.1) is 6.42 Å². The van der Waals surface area contributed by atoms with Crippen LogP contribution in [0.25, 0.3) is 0 Å². The van der Waals surface area contributed by atoms with E-state index in [1.165, 1.54) is 18.9 Å². The first-order valence-corrected chi connectivity index (χ1v) is 10.6. The van der Waals surface area contributed by atoms with Crippen molar-refractivity contribution >= 4 is 11.7 Å². The summed E-state index contributed by atoms with van der Waals surface area (Å²) in [6.45, 7) is 3.72. The number of hydrogen-bond acceptors (Lipinski definition) is 4. The van der Waals surface area contributed by atoms with Gasteiger partial charge in [0.1, 0.15) is 0 Å². The highest BCUT2D eigenvalue weighted by Gasteiger charge is 2.65. The second-order valence-corrected chi connectivity index (χ2v) is 9.08. The van der Waals surface area contributed by atoms with E-state index in [-0.39, 0.29) is 11.4 Å². The van der Waals surface area contributed by atoms with Crippen molar-refractivity contribution in [2.75, 3.05) is 0 Å². The van der Waals surface area contributed by atoms with Crippen molar-refractivity contribution in [1.29, 1.82) is 0 Å². The van der Waals surface area contributed by atoms with Gasteiger partial charge in [0.05, 0.1) is 5.71 Å². The molecule has 6 atom stereocenters. The molecule has 4 rings (SSSR count). The van der Waals surface area contributed by atoms with Crippen molar-refractivity contribution in [1.82, 2.24) is 0 Å². The molecule has 1 N–H and O–H groups in total. The Kier molecular flexibility index (Phi) is 4.61. The average molecular weight is 370 g/mol. The first kappa shape index (κ1) is 18.6. The molecule has 4 nitrogen and oxygen atoms in total. The van der Waals surface area contributed by atoms with Crippen LogP contribution in [0.4, 0.5) is 0 Å². The van der Waals surface area contributed by atoms with Crippen molar-refractivity contribution in [3.05, 3.63) is 11.6 Å². The highest BCUT2D eigenvalue weighted by molar-refractivity contribution is 5.96. The predicted octanol–water partition coefficient (Wildman–Crippen LogP) is 4.71. The van der Waals surface area contributed by atoms with Gasteiger partial charge in [-0.3, -0.25) is 4.79 Å². The maximum atomic E-state index is 11.9. The van der Waals surface area contributed by atoms with Gasteiger partial charge in [-0.25, -0.2) is 0 Å². The van der Waals surface area contributed by atoms with E-state index in [1.54, 1.807) is 0 Å². The summed E-state index contributed by atoms with van der Waals surface area (Å²) in [6.07, 6.45) is 17.5. The van der Waals surface area contributed by atoms with E-state index in [0.29, 0.717) is 23.7 Å². The van der Waals surface area contributed by atoms with Crippen LogP contribution < -0.4 is 0 Å². The molecule has 0 saturated heterocycles. The summed E-state index contributed by atoms with van der Waals surface area (Å²) in [5.41, 5.74) is 1.53. The van der Waals surface area contributed by atoms with E-state index >= 15 is 0 Å². The number of hydrogen-bond donors (Lipinski definition) is 1. The smallest absolute Gasteiger partial charge is 0.304 e.